The average molecular weight is 318 g/mol. The monoisotopic (exact) mass is 318 g/mol. The van der Waals surface area contributed by atoms with E-state index in [0.29, 0.717) is 0 Å². The zero-order valence-corrected chi connectivity index (χ0v) is 13.8. The molecule has 1 N–H and O–H groups in total. The Morgan fingerprint density at radius 3 is 2.30 bits per heavy atom. The first-order valence-corrected chi connectivity index (χ1v) is 8.70. The Morgan fingerprint density at radius 2 is 1.65 bits per heavy atom. The molecule has 0 saturated heterocycles. The summed E-state index contributed by atoms with van der Waals surface area (Å²) in [5.74, 6) is 0. The summed E-state index contributed by atoms with van der Waals surface area (Å²) in [4.78, 5) is 1.26. The maximum Gasteiger partial charge on any atom is 0.0799 e. The second-order valence-electron chi connectivity index (χ2n) is 5.91. The van der Waals surface area contributed by atoms with Crippen LogP contribution in [-0.4, -0.2) is 5.71 Å². The zero-order valence-electron chi connectivity index (χ0n) is 13.0. The van der Waals surface area contributed by atoms with E-state index in [1.165, 1.54) is 27.1 Å². The van der Waals surface area contributed by atoms with Crippen LogP contribution in [0.3, 0.4) is 0 Å². The molecule has 2 aromatic carbocycles. The molecule has 0 bridgehead atoms. The van der Waals surface area contributed by atoms with Gasteiger partial charge in [-0.1, -0.05) is 60.2 Å². The molecule has 1 aliphatic heterocycles. The summed E-state index contributed by atoms with van der Waals surface area (Å²) in [6.45, 7) is 2.11. The largest absolute Gasteiger partial charge is 0.302 e. The van der Waals surface area contributed by atoms with E-state index in [9.17, 15) is 0 Å². The fraction of sp³-hybridized carbons (Fsp3) is 0.150. The first-order chi connectivity index (χ1) is 11.3. The number of hydrogen-bond acceptors (Lipinski definition) is 3. The van der Waals surface area contributed by atoms with Gasteiger partial charge in [-0.2, -0.15) is 5.10 Å². The van der Waals surface area contributed by atoms with Gasteiger partial charge in [0, 0.05) is 6.42 Å². The lowest BCUT2D eigenvalue weighted by atomic mass is 9.98. The molecule has 1 unspecified atom stereocenters. The van der Waals surface area contributed by atoms with Gasteiger partial charge in [0.1, 0.15) is 0 Å². The summed E-state index contributed by atoms with van der Waals surface area (Å²) < 4.78 is 0. The quantitative estimate of drug-likeness (QED) is 0.708. The Balaban J connectivity index is 1.50. The minimum absolute atomic E-state index is 0.277. The van der Waals surface area contributed by atoms with E-state index < -0.39 is 0 Å². The Kier molecular flexibility index (Phi) is 3.72. The number of aryl methyl sites for hydroxylation is 1. The minimum Gasteiger partial charge on any atom is -0.302 e. The van der Waals surface area contributed by atoms with Crippen LogP contribution >= 0.6 is 11.3 Å². The summed E-state index contributed by atoms with van der Waals surface area (Å²) in [7, 11) is 0. The maximum atomic E-state index is 4.50. The van der Waals surface area contributed by atoms with Crippen molar-refractivity contribution in [2.45, 2.75) is 19.4 Å². The molecule has 3 aromatic rings. The predicted molar refractivity (Wildman–Crippen MR) is 98.0 cm³/mol. The summed E-state index contributed by atoms with van der Waals surface area (Å²) in [5, 5.41) is 6.60. The van der Waals surface area contributed by atoms with Crippen molar-refractivity contribution in [2.75, 3.05) is 0 Å². The van der Waals surface area contributed by atoms with Crippen molar-refractivity contribution in [2.24, 2.45) is 5.10 Å². The van der Waals surface area contributed by atoms with Crippen LogP contribution in [0.25, 0.3) is 11.1 Å². The zero-order chi connectivity index (χ0) is 15.6. The first-order valence-electron chi connectivity index (χ1n) is 7.82. The van der Waals surface area contributed by atoms with Crippen molar-refractivity contribution in [3.63, 3.8) is 0 Å². The van der Waals surface area contributed by atoms with Crippen LogP contribution in [0.1, 0.15) is 28.5 Å². The molecule has 4 rings (SSSR count). The third kappa shape index (κ3) is 2.92. The second-order valence-corrected chi connectivity index (χ2v) is 6.86. The van der Waals surface area contributed by atoms with Gasteiger partial charge in [-0.3, -0.25) is 0 Å². The molecule has 1 aromatic heterocycles. The van der Waals surface area contributed by atoms with Crippen molar-refractivity contribution < 1.29 is 0 Å². The topological polar surface area (TPSA) is 24.4 Å². The van der Waals surface area contributed by atoms with Crippen LogP contribution in [0.15, 0.2) is 71.1 Å². The molecule has 3 heteroatoms. The number of nitrogens with zero attached hydrogens (tertiary/aromatic N) is 1. The lowest BCUT2D eigenvalue weighted by Gasteiger charge is -2.11. The Hall–Kier alpha value is -2.39. The Morgan fingerprint density at radius 1 is 0.957 bits per heavy atom. The summed E-state index contributed by atoms with van der Waals surface area (Å²) in [6.07, 6.45) is 0.949. The SMILES string of the molecule is Cc1ccc(-c2ccc(C3CC(c4cccs4)=NN3)cc2)cc1. The number of benzene rings is 2. The number of nitrogens with one attached hydrogen (secondary N) is 1. The molecule has 0 spiro atoms. The van der Waals surface area contributed by atoms with E-state index in [0.717, 1.165) is 12.1 Å². The van der Waals surface area contributed by atoms with E-state index in [1.54, 1.807) is 11.3 Å². The molecule has 2 heterocycles. The van der Waals surface area contributed by atoms with Gasteiger partial charge in [0.15, 0.2) is 0 Å². The third-order valence-electron chi connectivity index (χ3n) is 4.26. The van der Waals surface area contributed by atoms with Crippen molar-refractivity contribution in [3.8, 4) is 11.1 Å². The highest BCUT2D eigenvalue weighted by Crippen LogP contribution is 2.28. The van der Waals surface area contributed by atoms with Crippen LogP contribution in [0, 0.1) is 6.92 Å². The summed E-state index contributed by atoms with van der Waals surface area (Å²) in [5.41, 5.74) is 9.53. The number of hydrazone groups is 1. The molecule has 0 amide bonds. The Labute approximate surface area is 140 Å². The van der Waals surface area contributed by atoms with Crippen LogP contribution in [-0.2, 0) is 0 Å². The molecule has 114 valence electrons. The standard InChI is InChI=1S/C20H18N2S/c1-14-4-6-15(7-5-14)16-8-10-17(11-9-16)18-13-19(22-21-18)20-3-2-12-23-20/h2-12,18,21H,13H2,1H3. The van der Waals surface area contributed by atoms with Crippen molar-refractivity contribution >= 4 is 17.0 Å². The van der Waals surface area contributed by atoms with E-state index in [4.69, 9.17) is 0 Å². The molecule has 2 nitrogen and oxygen atoms in total. The molecule has 0 fully saturated rings. The molecule has 0 radical (unpaired) electrons. The van der Waals surface area contributed by atoms with E-state index in [2.05, 4.69) is 83.5 Å². The predicted octanol–water partition coefficient (Wildman–Crippen LogP) is 5.16. The van der Waals surface area contributed by atoms with Gasteiger partial charge < -0.3 is 5.43 Å². The summed E-state index contributed by atoms with van der Waals surface area (Å²) in [6, 6.07) is 22.0. The smallest absolute Gasteiger partial charge is 0.0799 e. The molecular weight excluding hydrogens is 300 g/mol. The van der Waals surface area contributed by atoms with Gasteiger partial charge in [0.05, 0.1) is 16.6 Å². The van der Waals surface area contributed by atoms with Crippen molar-refractivity contribution in [1.29, 1.82) is 0 Å². The fourth-order valence-electron chi connectivity index (χ4n) is 2.89. The number of rotatable bonds is 3. The van der Waals surface area contributed by atoms with E-state index in [1.807, 2.05) is 0 Å². The lowest BCUT2D eigenvalue weighted by molar-refractivity contribution is 0.620. The van der Waals surface area contributed by atoms with Crippen molar-refractivity contribution in [1.82, 2.24) is 5.43 Å². The highest BCUT2D eigenvalue weighted by Gasteiger charge is 2.21. The highest BCUT2D eigenvalue weighted by molar-refractivity contribution is 7.12. The molecule has 0 aliphatic carbocycles. The van der Waals surface area contributed by atoms with Gasteiger partial charge in [-0.15, -0.1) is 11.3 Å². The molecular formula is C20H18N2S. The number of hydrogen-bond donors (Lipinski definition) is 1. The van der Waals surface area contributed by atoms with Gasteiger partial charge >= 0.3 is 0 Å². The second kappa shape index (κ2) is 6.01. The number of thiophene rings is 1. The summed E-state index contributed by atoms with van der Waals surface area (Å²) >= 11 is 1.75. The highest BCUT2D eigenvalue weighted by atomic mass is 32.1. The van der Waals surface area contributed by atoms with Crippen LogP contribution in [0.2, 0.25) is 0 Å². The van der Waals surface area contributed by atoms with Crippen molar-refractivity contribution in [3.05, 3.63) is 82.0 Å². The molecule has 0 saturated carbocycles. The fourth-order valence-corrected chi connectivity index (χ4v) is 3.61. The normalized spacial score (nSPS) is 16.9. The molecule has 1 atom stereocenters. The van der Waals surface area contributed by atoms with Gasteiger partial charge in [0.2, 0.25) is 0 Å². The first kappa shape index (κ1) is 14.2. The van der Waals surface area contributed by atoms with E-state index >= 15 is 0 Å². The third-order valence-corrected chi connectivity index (χ3v) is 5.18. The van der Waals surface area contributed by atoms with Crippen LogP contribution in [0.5, 0.6) is 0 Å². The average Bonchev–Trinajstić information content (AvgIpc) is 3.27. The van der Waals surface area contributed by atoms with Gasteiger partial charge in [-0.25, -0.2) is 0 Å². The van der Waals surface area contributed by atoms with Crippen LogP contribution < -0.4 is 5.43 Å². The molecule has 1 aliphatic rings. The van der Waals surface area contributed by atoms with Gasteiger partial charge in [0.25, 0.3) is 0 Å². The van der Waals surface area contributed by atoms with Gasteiger partial charge in [-0.05, 0) is 35.1 Å². The minimum atomic E-state index is 0.277. The maximum absolute atomic E-state index is 4.50. The van der Waals surface area contributed by atoms with Crippen LogP contribution in [0.4, 0.5) is 0 Å². The Bertz CT molecular complexity index is 815. The molecule has 23 heavy (non-hydrogen) atoms. The lowest BCUT2D eigenvalue weighted by Crippen LogP contribution is -2.09. The van der Waals surface area contributed by atoms with E-state index in [-0.39, 0.29) is 6.04 Å².